The van der Waals surface area contributed by atoms with Crippen molar-refractivity contribution in [1.29, 1.82) is 0 Å². The van der Waals surface area contributed by atoms with E-state index in [2.05, 4.69) is 31.9 Å². The molecule has 3 aromatic rings. The molecule has 3 rings (SSSR count). The Balaban J connectivity index is 2.55. The second kappa shape index (κ2) is 4.14. The topological polar surface area (TPSA) is 40.5 Å². The Morgan fingerprint density at radius 1 is 0.778 bits per heavy atom. The lowest BCUT2D eigenvalue weighted by atomic mass is 10.0. The Morgan fingerprint density at radius 3 is 2.28 bits per heavy atom. The summed E-state index contributed by atoms with van der Waals surface area (Å²) in [6.07, 6.45) is 0. The normalized spacial score (nSPS) is 11.2. The van der Waals surface area contributed by atoms with Crippen molar-refractivity contribution in [2.24, 2.45) is 0 Å². The largest absolute Gasteiger partial charge is 0.507 e. The predicted octanol–water partition coefficient (Wildman–Crippen LogP) is 4.93. The van der Waals surface area contributed by atoms with Gasteiger partial charge < -0.3 is 10.2 Å². The highest BCUT2D eigenvalue weighted by Crippen LogP contribution is 2.42. The minimum Gasteiger partial charge on any atom is -0.507 e. The van der Waals surface area contributed by atoms with Gasteiger partial charge in [0.1, 0.15) is 16.0 Å². The summed E-state index contributed by atoms with van der Waals surface area (Å²) < 4.78 is 1.33. The molecule has 0 amide bonds. The van der Waals surface area contributed by atoms with Gasteiger partial charge in [-0.25, -0.2) is 0 Å². The van der Waals surface area contributed by atoms with Gasteiger partial charge in [0.2, 0.25) is 0 Å². The molecule has 0 aliphatic heterocycles. The summed E-state index contributed by atoms with van der Waals surface area (Å²) in [5, 5.41) is 23.4. The lowest BCUT2D eigenvalue weighted by Gasteiger charge is -2.09. The van der Waals surface area contributed by atoms with Crippen LogP contribution in [-0.4, -0.2) is 10.2 Å². The molecule has 0 heterocycles. The molecule has 4 heteroatoms. The summed E-state index contributed by atoms with van der Waals surface area (Å²) in [5.74, 6) is 0.102. The number of hydrogen-bond acceptors (Lipinski definition) is 2. The van der Waals surface area contributed by atoms with Crippen LogP contribution in [0.4, 0.5) is 0 Å². The fraction of sp³-hybridized carbons (Fsp3) is 0. The first-order valence-corrected chi connectivity index (χ1v) is 6.89. The Morgan fingerprint density at radius 2 is 1.50 bits per heavy atom. The molecule has 0 fully saturated rings. The third-order valence-corrected chi connectivity index (χ3v) is 4.27. The first-order chi connectivity index (χ1) is 8.58. The Hall–Kier alpha value is -1.26. The summed E-state index contributed by atoms with van der Waals surface area (Å²) in [7, 11) is 0. The van der Waals surface area contributed by atoms with Crippen LogP contribution < -0.4 is 0 Å². The van der Waals surface area contributed by atoms with E-state index in [1.54, 1.807) is 6.07 Å². The summed E-state index contributed by atoms with van der Waals surface area (Å²) in [6.45, 7) is 0. The maximum absolute atomic E-state index is 10.0. The van der Waals surface area contributed by atoms with E-state index in [-0.39, 0.29) is 11.5 Å². The second-order valence-electron chi connectivity index (χ2n) is 4.08. The zero-order valence-corrected chi connectivity index (χ0v) is 12.3. The van der Waals surface area contributed by atoms with Gasteiger partial charge >= 0.3 is 0 Å². The predicted molar refractivity (Wildman–Crippen MR) is 80.2 cm³/mol. The zero-order chi connectivity index (χ0) is 12.9. The molecule has 0 aromatic heterocycles. The highest BCUT2D eigenvalue weighted by molar-refractivity contribution is 9.11. The second-order valence-corrected chi connectivity index (χ2v) is 5.79. The minimum atomic E-state index is 0.0374. The zero-order valence-electron chi connectivity index (χ0n) is 9.11. The van der Waals surface area contributed by atoms with Crippen LogP contribution in [0.3, 0.4) is 0 Å². The van der Waals surface area contributed by atoms with Crippen molar-refractivity contribution in [3.63, 3.8) is 0 Å². The molecule has 0 saturated carbocycles. The lowest BCUT2D eigenvalue weighted by molar-refractivity contribution is 0.449. The van der Waals surface area contributed by atoms with Crippen molar-refractivity contribution >= 4 is 53.4 Å². The first-order valence-electron chi connectivity index (χ1n) is 5.30. The van der Waals surface area contributed by atoms with Crippen molar-refractivity contribution < 1.29 is 10.2 Å². The van der Waals surface area contributed by atoms with Crippen LogP contribution in [0.25, 0.3) is 21.5 Å². The molecule has 2 N–H and O–H groups in total. The van der Waals surface area contributed by atoms with Crippen LogP contribution in [0.15, 0.2) is 45.3 Å². The maximum atomic E-state index is 10.0. The van der Waals surface area contributed by atoms with Crippen molar-refractivity contribution in [1.82, 2.24) is 0 Å². The van der Waals surface area contributed by atoms with E-state index in [4.69, 9.17) is 0 Å². The van der Waals surface area contributed by atoms with Crippen LogP contribution in [0, 0.1) is 0 Å². The average molecular weight is 368 g/mol. The summed E-state index contributed by atoms with van der Waals surface area (Å²) in [4.78, 5) is 0. The van der Waals surface area contributed by atoms with E-state index < -0.39 is 0 Å². The highest BCUT2D eigenvalue weighted by atomic mass is 79.9. The van der Waals surface area contributed by atoms with Gasteiger partial charge in [0.15, 0.2) is 0 Å². The molecule has 0 spiro atoms. The molecule has 0 atom stereocenters. The summed E-state index contributed by atoms with van der Waals surface area (Å²) >= 11 is 6.60. The monoisotopic (exact) mass is 366 g/mol. The molecule has 0 aliphatic carbocycles. The molecule has 2 nitrogen and oxygen atoms in total. The maximum Gasteiger partial charge on any atom is 0.141 e. The average Bonchev–Trinajstić information content (AvgIpc) is 2.35. The van der Waals surface area contributed by atoms with E-state index in [1.807, 2.05) is 30.3 Å². The standard InChI is InChI=1S/C14H8Br2O2/c15-8-2-4-9-7(5-8)1-3-10-11(9)6-12(17)13(16)14(10)18/h1-6,17-18H. The van der Waals surface area contributed by atoms with E-state index in [1.165, 1.54) is 0 Å². The number of phenols is 2. The van der Waals surface area contributed by atoms with Crippen molar-refractivity contribution in [3.05, 3.63) is 45.3 Å². The molecule has 0 radical (unpaired) electrons. The van der Waals surface area contributed by atoms with Gasteiger partial charge in [0.25, 0.3) is 0 Å². The SMILES string of the molecule is Oc1cc2c(ccc3cc(Br)ccc32)c(O)c1Br. The summed E-state index contributed by atoms with van der Waals surface area (Å²) in [5.41, 5.74) is 0. The van der Waals surface area contributed by atoms with Gasteiger partial charge in [-0.2, -0.15) is 0 Å². The van der Waals surface area contributed by atoms with E-state index in [0.717, 1.165) is 26.0 Å². The number of aromatic hydroxyl groups is 2. The molecule has 0 aliphatic rings. The molecule has 3 aromatic carbocycles. The first kappa shape index (κ1) is 11.8. The van der Waals surface area contributed by atoms with E-state index in [9.17, 15) is 10.2 Å². The van der Waals surface area contributed by atoms with E-state index in [0.29, 0.717) is 4.47 Å². The number of hydrogen-bond donors (Lipinski definition) is 2. The fourth-order valence-electron chi connectivity index (χ4n) is 2.13. The summed E-state index contributed by atoms with van der Waals surface area (Å²) in [6, 6.07) is 11.4. The minimum absolute atomic E-state index is 0.0374. The van der Waals surface area contributed by atoms with Crippen molar-refractivity contribution in [2.45, 2.75) is 0 Å². The number of rotatable bonds is 0. The highest BCUT2D eigenvalue weighted by Gasteiger charge is 2.11. The van der Waals surface area contributed by atoms with Crippen LogP contribution in [0.1, 0.15) is 0 Å². The van der Waals surface area contributed by atoms with Gasteiger partial charge in [-0.1, -0.05) is 28.1 Å². The van der Waals surface area contributed by atoms with Crippen molar-refractivity contribution in [3.8, 4) is 11.5 Å². The quantitative estimate of drug-likeness (QED) is 0.553. The Kier molecular flexibility index (Phi) is 2.72. The number of halogens is 2. The van der Waals surface area contributed by atoms with Gasteiger partial charge in [-0.3, -0.25) is 0 Å². The molecule has 0 saturated heterocycles. The Labute approximate surface area is 120 Å². The molecule has 18 heavy (non-hydrogen) atoms. The van der Waals surface area contributed by atoms with Crippen LogP contribution >= 0.6 is 31.9 Å². The molecule has 0 unspecified atom stereocenters. The third kappa shape index (κ3) is 1.68. The van der Waals surface area contributed by atoms with Gasteiger partial charge in [-0.15, -0.1) is 0 Å². The number of benzene rings is 3. The van der Waals surface area contributed by atoms with Crippen molar-refractivity contribution in [2.75, 3.05) is 0 Å². The van der Waals surface area contributed by atoms with Crippen LogP contribution in [0.2, 0.25) is 0 Å². The van der Waals surface area contributed by atoms with Gasteiger partial charge in [0.05, 0.1) is 0 Å². The Bertz CT molecular complexity index is 782. The van der Waals surface area contributed by atoms with Gasteiger partial charge in [0, 0.05) is 9.86 Å². The van der Waals surface area contributed by atoms with Crippen LogP contribution in [0.5, 0.6) is 11.5 Å². The fourth-order valence-corrected chi connectivity index (χ4v) is 2.83. The van der Waals surface area contributed by atoms with Crippen LogP contribution in [-0.2, 0) is 0 Å². The van der Waals surface area contributed by atoms with Gasteiger partial charge in [-0.05, 0) is 56.4 Å². The molecule has 0 bridgehead atoms. The molecule has 90 valence electrons. The molecular formula is C14H8Br2O2. The number of fused-ring (bicyclic) bond motifs is 3. The van der Waals surface area contributed by atoms with E-state index >= 15 is 0 Å². The number of phenolic OH excluding ortho intramolecular Hbond substituents is 2. The lowest BCUT2D eigenvalue weighted by Crippen LogP contribution is -1.81. The molecular weight excluding hydrogens is 360 g/mol. The smallest absolute Gasteiger partial charge is 0.141 e. The third-order valence-electron chi connectivity index (χ3n) is 2.99.